The maximum absolute atomic E-state index is 13.5. The number of fused-ring (bicyclic) bond motifs is 1. The van der Waals surface area contributed by atoms with Crippen molar-refractivity contribution in [3.8, 4) is 0 Å². The number of nitrogens with one attached hydrogen (secondary N) is 2. The van der Waals surface area contributed by atoms with Crippen molar-refractivity contribution in [1.29, 1.82) is 0 Å². The first-order valence-electron chi connectivity index (χ1n) is 23.0. The zero-order chi connectivity index (χ0) is 40.5. The molecule has 1 aromatic heterocycles. The molecule has 0 unspecified atom stereocenters. The molecule has 0 fully saturated rings. The number of amides is 3. The van der Waals surface area contributed by atoms with Crippen LogP contribution in [0.1, 0.15) is 202 Å². The Labute approximate surface area is 347 Å². The number of hydrogen-bond acceptors (Lipinski definition) is 5. The molecular formula is C48H82N4O3S. The van der Waals surface area contributed by atoms with E-state index in [1.807, 2.05) is 23.9 Å². The van der Waals surface area contributed by atoms with Gasteiger partial charge in [0.1, 0.15) is 5.00 Å². The molecule has 2 heterocycles. The van der Waals surface area contributed by atoms with Gasteiger partial charge < -0.3 is 20.4 Å². The monoisotopic (exact) mass is 795 g/mol. The van der Waals surface area contributed by atoms with Crippen LogP contribution >= 0.6 is 11.3 Å². The number of anilines is 1. The molecule has 1 aromatic rings. The fourth-order valence-electron chi connectivity index (χ4n) is 7.22. The molecule has 318 valence electrons. The maximum atomic E-state index is 13.5. The lowest BCUT2D eigenvalue weighted by atomic mass is 10.0. The van der Waals surface area contributed by atoms with Gasteiger partial charge in [0.05, 0.1) is 12.1 Å². The first-order chi connectivity index (χ1) is 27.4. The SMILES string of the molecule is CCCCC/C=C\C/C=C\CCCCCCCC(=O)N1CCc2c(sc(NC(=O)CCCCCCC/C=C\CCCCCCCC)c2C(=O)NCCN(C)C)C1. The van der Waals surface area contributed by atoms with Crippen LogP contribution in [0.2, 0.25) is 0 Å². The van der Waals surface area contributed by atoms with Gasteiger partial charge >= 0.3 is 0 Å². The zero-order valence-corrected chi connectivity index (χ0v) is 37.2. The van der Waals surface area contributed by atoms with Gasteiger partial charge in [-0.25, -0.2) is 0 Å². The highest BCUT2D eigenvalue weighted by atomic mass is 32.1. The van der Waals surface area contributed by atoms with Gasteiger partial charge in [0.25, 0.3) is 5.91 Å². The lowest BCUT2D eigenvalue weighted by molar-refractivity contribution is -0.132. The van der Waals surface area contributed by atoms with Crippen LogP contribution in [-0.2, 0) is 22.6 Å². The Balaban J connectivity index is 1.73. The van der Waals surface area contributed by atoms with E-state index in [1.165, 1.54) is 114 Å². The number of rotatable bonds is 34. The van der Waals surface area contributed by atoms with Crippen LogP contribution in [0.4, 0.5) is 5.00 Å². The van der Waals surface area contributed by atoms with Crippen LogP contribution in [0.5, 0.6) is 0 Å². The van der Waals surface area contributed by atoms with Crippen molar-refractivity contribution >= 4 is 34.1 Å². The summed E-state index contributed by atoms with van der Waals surface area (Å²) in [6.45, 7) is 6.92. The van der Waals surface area contributed by atoms with Crippen molar-refractivity contribution in [2.75, 3.05) is 39.0 Å². The Kier molecular flexibility index (Phi) is 29.4. The highest BCUT2D eigenvalue weighted by molar-refractivity contribution is 7.17. The fourth-order valence-corrected chi connectivity index (χ4v) is 8.49. The first kappa shape index (κ1) is 49.4. The quantitative estimate of drug-likeness (QED) is 0.0538. The van der Waals surface area contributed by atoms with Gasteiger partial charge in [0, 0.05) is 37.4 Å². The van der Waals surface area contributed by atoms with Gasteiger partial charge in [0.2, 0.25) is 11.8 Å². The third kappa shape index (κ3) is 23.5. The Bertz CT molecular complexity index is 1280. The van der Waals surface area contributed by atoms with E-state index in [1.54, 1.807) is 0 Å². The summed E-state index contributed by atoms with van der Waals surface area (Å²) in [6, 6.07) is 0. The van der Waals surface area contributed by atoms with E-state index in [-0.39, 0.29) is 17.7 Å². The smallest absolute Gasteiger partial charge is 0.254 e. The van der Waals surface area contributed by atoms with Gasteiger partial charge in [-0.05, 0) is 96.7 Å². The minimum absolute atomic E-state index is 0.0298. The molecule has 1 aliphatic heterocycles. The van der Waals surface area contributed by atoms with E-state index in [0.717, 1.165) is 68.4 Å². The van der Waals surface area contributed by atoms with Crippen LogP contribution in [0.3, 0.4) is 0 Å². The molecule has 0 radical (unpaired) electrons. The Morgan fingerprint density at radius 3 is 1.75 bits per heavy atom. The number of carbonyl (C=O) groups excluding carboxylic acids is 3. The average Bonchev–Trinajstić information content (AvgIpc) is 3.54. The van der Waals surface area contributed by atoms with Crippen LogP contribution in [0.15, 0.2) is 36.5 Å². The van der Waals surface area contributed by atoms with Crippen molar-refractivity contribution in [2.45, 2.75) is 194 Å². The number of carbonyl (C=O) groups is 3. The van der Waals surface area contributed by atoms with E-state index < -0.39 is 0 Å². The predicted molar refractivity (Wildman–Crippen MR) is 242 cm³/mol. The minimum Gasteiger partial charge on any atom is -0.351 e. The molecule has 3 amide bonds. The first-order valence-corrected chi connectivity index (χ1v) is 23.8. The molecule has 0 aliphatic carbocycles. The molecule has 0 saturated heterocycles. The number of thiophene rings is 1. The van der Waals surface area contributed by atoms with Gasteiger partial charge in [-0.15, -0.1) is 11.3 Å². The number of allylic oxidation sites excluding steroid dienone is 6. The number of unbranched alkanes of at least 4 members (excludes halogenated alkanes) is 19. The molecule has 2 rings (SSSR count). The lowest BCUT2D eigenvalue weighted by Gasteiger charge is -2.27. The number of nitrogens with zero attached hydrogens (tertiary/aromatic N) is 2. The van der Waals surface area contributed by atoms with Gasteiger partial charge in [-0.1, -0.05) is 134 Å². The topological polar surface area (TPSA) is 81.8 Å². The largest absolute Gasteiger partial charge is 0.351 e. The molecule has 2 N–H and O–H groups in total. The minimum atomic E-state index is -0.134. The molecule has 0 bridgehead atoms. The molecule has 0 atom stereocenters. The highest BCUT2D eigenvalue weighted by Gasteiger charge is 2.30. The van der Waals surface area contributed by atoms with Crippen molar-refractivity contribution in [1.82, 2.24) is 15.1 Å². The van der Waals surface area contributed by atoms with Crippen molar-refractivity contribution < 1.29 is 14.4 Å². The van der Waals surface area contributed by atoms with Gasteiger partial charge in [-0.2, -0.15) is 0 Å². The average molecular weight is 795 g/mol. The summed E-state index contributed by atoms with van der Waals surface area (Å²) in [6.07, 6.45) is 44.3. The molecular weight excluding hydrogens is 713 g/mol. The zero-order valence-electron chi connectivity index (χ0n) is 36.4. The molecule has 1 aliphatic rings. The van der Waals surface area contributed by atoms with Crippen LogP contribution in [0.25, 0.3) is 0 Å². The number of likely N-dealkylation sites (N-methyl/N-ethyl adjacent to an activating group) is 1. The third-order valence-corrected chi connectivity index (χ3v) is 11.9. The lowest BCUT2D eigenvalue weighted by Crippen LogP contribution is -2.36. The van der Waals surface area contributed by atoms with Crippen molar-refractivity contribution in [3.63, 3.8) is 0 Å². The summed E-state index contributed by atoms with van der Waals surface area (Å²) in [7, 11) is 3.97. The highest BCUT2D eigenvalue weighted by Crippen LogP contribution is 2.37. The Hall–Kier alpha value is -2.71. The second-order valence-corrected chi connectivity index (χ2v) is 17.3. The maximum Gasteiger partial charge on any atom is 0.254 e. The molecule has 0 aromatic carbocycles. The van der Waals surface area contributed by atoms with Crippen LogP contribution < -0.4 is 10.6 Å². The van der Waals surface area contributed by atoms with E-state index in [9.17, 15) is 14.4 Å². The molecule has 8 heteroatoms. The summed E-state index contributed by atoms with van der Waals surface area (Å²) >= 11 is 1.48. The molecule has 0 spiro atoms. The Morgan fingerprint density at radius 1 is 0.661 bits per heavy atom. The van der Waals surface area contributed by atoms with E-state index in [0.29, 0.717) is 49.5 Å². The summed E-state index contributed by atoms with van der Waals surface area (Å²) in [5.41, 5.74) is 1.59. The third-order valence-electron chi connectivity index (χ3n) is 10.7. The Morgan fingerprint density at radius 2 is 1.16 bits per heavy atom. The molecule has 56 heavy (non-hydrogen) atoms. The van der Waals surface area contributed by atoms with Crippen molar-refractivity contribution in [3.05, 3.63) is 52.5 Å². The van der Waals surface area contributed by atoms with E-state index in [4.69, 9.17) is 0 Å². The van der Waals surface area contributed by atoms with Gasteiger partial charge in [0.15, 0.2) is 0 Å². The standard InChI is InChI=1S/C48H82N4O3S/c1-5-7-9-11-13-15-17-19-21-23-25-27-29-31-33-35-44(53)50-48-46(47(55)49-38-40-51(3)4)42-37-39-52(41-43(42)56-48)45(54)36-34-32-30-28-26-24-22-20-18-16-14-12-10-8-6-2/h14,16,19-22H,5-13,15,17-18,23-41H2,1-4H3,(H,49,55)(H,50,53)/b16-14-,21-19-,22-20-. The van der Waals surface area contributed by atoms with Crippen molar-refractivity contribution in [2.24, 2.45) is 0 Å². The second-order valence-electron chi connectivity index (χ2n) is 16.2. The van der Waals surface area contributed by atoms with Crippen LogP contribution in [-0.4, -0.2) is 61.3 Å². The van der Waals surface area contributed by atoms with Crippen LogP contribution in [0, 0.1) is 0 Å². The number of hydrogen-bond donors (Lipinski definition) is 2. The molecule has 7 nitrogen and oxygen atoms in total. The summed E-state index contributed by atoms with van der Waals surface area (Å²) in [4.78, 5) is 44.8. The van der Waals surface area contributed by atoms with E-state index in [2.05, 4.69) is 60.9 Å². The fraction of sp³-hybridized carbons (Fsp3) is 0.729. The molecule has 0 saturated carbocycles. The normalized spacial score (nSPS) is 13.1. The summed E-state index contributed by atoms with van der Waals surface area (Å²) < 4.78 is 0. The second kappa shape index (κ2) is 33.3. The summed E-state index contributed by atoms with van der Waals surface area (Å²) in [5.74, 6) is 0.0323. The summed E-state index contributed by atoms with van der Waals surface area (Å²) in [5, 5.41) is 6.82. The van der Waals surface area contributed by atoms with Gasteiger partial charge in [-0.3, -0.25) is 14.4 Å². The predicted octanol–water partition coefficient (Wildman–Crippen LogP) is 12.7. The van der Waals surface area contributed by atoms with E-state index >= 15 is 0 Å².